The molecule has 1 unspecified atom stereocenters. The van der Waals surface area contributed by atoms with E-state index in [0.717, 1.165) is 24.3 Å². The molecule has 0 heterocycles. The van der Waals surface area contributed by atoms with Gasteiger partial charge in [0.05, 0.1) is 10.9 Å². The third kappa shape index (κ3) is 4.81. The molecule has 0 aromatic heterocycles. The van der Waals surface area contributed by atoms with Crippen LogP contribution in [0, 0.1) is 11.8 Å². The van der Waals surface area contributed by atoms with Gasteiger partial charge in [0.15, 0.2) is 0 Å². The highest BCUT2D eigenvalue weighted by Gasteiger charge is 2.26. The summed E-state index contributed by atoms with van der Waals surface area (Å²) in [5.41, 5.74) is 6.87. The number of amides is 1. The molecule has 0 saturated heterocycles. The van der Waals surface area contributed by atoms with Gasteiger partial charge in [-0.15, -0.1) is 0 Å². The van der Waals surface area contributed by atoms with Crippen LogP contribution < -0.4 is 11.1 Å². The molecule has 0 bridgehead atoms. The number of carbonyl (C=O) groups excluding carboxylic acids is 1. The van der Waals surface area contributed by atoms with Crippen LogP contribution in [0.25, 0.3) is 0 Å². The second-order valence-electron chi connectivity index (χ2n) is 6.11. The minimum atomic E-state index is -0.415. The van der Waals surface area contributed by atoms with Crippen LogP contribution in [0.1, 0.15) is 38.2 Å². The molecule has 3 nitrogen and oxygen atoms in total. The van der Waals surface area contributed by atoms with E-state index in [2.05, 4.69) is 12.2 Å². The fraction of sp³-hybridized carbons (Fsp3) is 0.529. The summed E-state index contributed by atoms with van der Waals surface area (Å²) in [7, 11) is 0. The Bertz CT molecular complexity index is 481. The number of thiocarbonyl (C=S) groups is 1. The zero-order valence-electron chi connectivity index (χ0n) is 12.5. The van der Waals surface area contributed by atoms with Crippen LogP contribution in [0.5, 0.6) is 0 Å². The van der Waals surface area contributed by atoms with E-state index in [1.54, 1.807) is 0 Å². The van der Waals surface area contributed by atoms with Gasteiger partial charge in [0.2, 0.25) is 5.91 Å². The molecule has 21 heavy (non-hydrogen) atoms. The van der Waals surface area contributed by atoms with E-state index in [1.807, 2.05) is 30.3 Å². The van der Waals surface area contributed by atoms with Crippen molar-refractivity contribution in [3.63, 3.8) is 0 Å². The fourth-order valence-electron chi connectivity index (χ4n) is 2.88. The molecule has 1 atom stereocenters. The monoisotopic (exact) mass is 304 g/mol. The summed E-state index contributed by atoms with van der Waals surface area (Å²) in [6, 6.07) is 10.2. The predicted octanol–water partition coefficient (Wildman–Crippen LogP) is 2.83. The first kappa shape index (κ1) is 16.0. The molecule has 0 aliphatic heterocycles. The van der Waals surface area contributed by atoms with Gasteiger partial charge in [-0.2, -0.15) is 0 Å². The molecule has 2 rings (SSSR count). The number of hydrogen-bond acceptors (Lipinski definition) is 2. The van der Waals surface area contributed by atoms with Crippen molar-refractivity contribution in [2.75, 3.05) is 0 Å². The molecule has 1 fully saturated rings. The Balaban J connectivity index is 1.94. The van der Waals surface area contributed by atoms with E-state index in [9.17, 15) is 4.79 Å². The lowest BCUT2D eigenvalue weighted by atomic mass is 9.87. The average molecular weight is 304 g/mol. The summed E-state index contributed by atoms with van der Waals surface area (Å²) >= 11 is 5.10. The Morgan fingerprint density at radius 3 is 2.48 bits per heavy atom. The standard InChI is InChI=1S/C17H24N2OS/c1-12-7-9-14(10-8-12)19-17(20)15(16(18)21)11-13-5-3-2-4-6-13/h2-6,12,14-15H,7-11H2,1H3,(H2,18,21)(H,19,20). The highest BCUT2D eigenvalue weighted by molar-refractivity contribution is 7.80. The molecule has 1 saturated carbocycles. The summed E-state index contributed by atoms with van der Waals surface area (Å²) in [5.74, 6) is 0.335. The van der Waals surface area contributed by atoms with Gasteiger partial charge in [-0.05, 0) is 43.6 Å². The number of hydrogen-bond donors (Lipinski definition) is 2. The third-order valence-corrected chi connectivity index (χ3v) is 4.59. The first-order chi connectivity index (χ1) is 10.1. The molecule has 1 amide bonds. The summed E-state index contributed by atoms with van der Waals surface area (Å²) < 4.78 is 0. The summed E-state index contributed by atoms with van der Waals surface area (Å²) in [6.45, 7) is 2.27. The lowest BCUT2D eigenvalue weighted by molar-refractivity contribution is -0.124. The van der Waals surface area contributed by atoms with Crippen molar-refractivity contribution in [2.24, 2.45) is 17.6 Å². The minimum Gasteiger partial charge on any atom is -0.393 e. The largest absolute Gasteiger partial charge is 0.393 e. The second-order valence-corrected chi connectivity index (χ2v) is 6.58. The van der Waals surface area contributed by atoms with Crippen molar-refractivity contribution in [3.8, 4) is 0 Å². The van der Waals surface area contributed by atoms with Crippen molar-refractivity contribution < 1.29 is 4.79 Å². The summed E-state index contributed by atoms with van der Waals surface area (Å²) in [4.78, 5) is 12.7. The van der Waals surface area contributed by atoms with Crippen LogP contribution in [0.3, 0.4) is 0 Å². The maximum atomic E-state index is 12.5. The lowest BCUT2D eigenvalue weighted by Gasteiger charge is -2.28. The predicted molar refractivity (Wildman–Crippen MR) is 90.0 cm³/mol. The Morgan fingerprint density at radius 1 is 1.29 bits per heavy atom. The zero-order chi connectivity index (χ0) is 15.2. The van der Waals surface area contributed by atoms with Crippen LogP contribution in [-0.2, 0) is 11.2 Å². The maximum absolute atomic E-state index is 12.5. The van der Waals surface area contributed by atoms with Gasteiger partial charge >= 0.3 is 0 Å². The SMILES string of the molecule is CC1CCC(NC(=O)C(Cc2ccccc2)C(N)=S)CC1. The third-order valence-electron chi connectivity index (χ3n) is 4.30. The van der Waals surface area contributed by atoms with Gasteiger partial charge in [-0.1, -0.05) is 49.5 Å². The van der Waals surface area contributed by atoms with Gasteiger partial charge < -0.3 is 11.1 Å². The minimum absolute atomic E-state index is 0.0223. The smallest absolute Gasteiger partial charge is 0.230 e. The molecule has 4 heteroatoms. The van der Waals surface area contributed by atoms with Crippen LogP contribution in [0.4, 0.5) is 0 Å². The fourth-order valence-corrected chi connectivity index (χ4v) is 3.07. The molecule has 0 spiro atoms. The Morgan fingerprint density at radius 2 is 1.90 bits per heavy atom. The number of nitrogens with one attached hydrogen (secondary N) is 1. The lowest BCUT2D eigenvalue weighted by Crippen LogP contribution is -2.45. The zero-order valence-corrected chi connectivity index (χ0v) is 13.4. The van der Waals surface area contributed by atoms with E-state index in [0.29, 0.717) is 6.42 Å². The van der Waals surface area contributed by atoms with Crippen LogP contribution in [0.2, 0.25) is 0 Å². The van der Waals surface area contributed by atoms with Crippen molar-refractivity contribution in [3.05, 3.63) is 35.9 Å². The van der Waals surface area contributed by atoms with Crippen LogP contribution >= 0.6 is 12.2 Å². The molecule has 1 aliphatic carbocycles. The molecular weight excluding hydrogens is 280 g/mol. The highest BCUT2D eigenvalue weighted by Crippen LogP contribution is 2.23. The van der Waals surface area contributed by atoms with Crippen molar-refractivity contribution in [1.82, 2.24) is 5.32 Å². The van der Waals surface area contributed by atoms with E-state index in [4.69, 9.17) is 18.0 Å². The maximum Gasteiger partial charge on any atom is 0.230 e. The number of nitrogens with two attached hydrogens (primary N) is 1. The molecular formula is C17H24N2OS. The quantitative estimate of drug-likeness (QED) is 0.823. The van der Waals surface area contributed by atoms with E-state index in [-0.39, 0.29) is 16.9 Å². The summed E-state index contributed by atoms with van der Waals surface area (Å²) in [5, 5.41) is 3.13. The van der Waals surface area contributed by atoms with Gasteiger partial charge in [0.1, 0.15) is 0 Å². The molecule has 1 aromatic rings. The van der Waals surface area contributed by atoms with E-state index < -0.39 is 5.92 Å². The molecule has 114 valence electrons. The Labute approximate surface area is 132 Å². The van der Waals surface area contributed by atoms with E-state index in [1.165, 1.54) is 12.8 Å². The van der Waals surface area contributed by atoms with Gasteiger partial charge in [-0.3, -0.25) is 4.79 Å². The van der Waals surface area contributed by atoms with Crippen LogP contribution in [-0.4, -0.2) is 16.9 Å². The topological polar surface area (TPSA) is 55.1 Å². The number of rotatable bonds is 5. The summed E-state index contributed by atoms with van der Waals surface area (Å²) in [6.07, 6.45) is 5.05. The highest BCUT2D eigenvalue weighted by atomic mass is 32.1. The first-order valence-corrected chi connectivity index (χ1v) is 8.10. The Hall–Kier alpha value is -1.42. The van der Waals surface area contributed by atoms with Crippen LogP contribution in [0.15, 0.2) is 30.3 Å². The molecule has 1 aliphatic rings. The van der Waals surface area contributed by atoms with Gasteiger partial charge in [-0.25, -0.2) is 0 Å². The Kier molecular flexibility index (Phi) is 5.74. The van der Waals surface area contributed by atoms with E-state index >= 15 is 0 Å². The van der Waals surface area contributed by atoms with Crippen molar-refractivity contribution in [1.29, 1.82) is 0 Å². The molecule has 0 radical (unpaired) electrons. The average Bonchev–Trinajstić information content (AvgIpc) is 2.48. The second kappa shape index (κ2) is 7.55. The molecule has 1 aromatic carbocycles. The number of benzene rings is 1. The van der Waals surface area contributed by atoms with Gasteiger partial charge in [0, 0.05) is 6.04 Å². The van der Waals surface area contributed by atoms with Crippen molar-refractivity contribution >= 4 is 23.1 Å². The van der Waals surface area contributed by atoms with Crippen molar-refractivity contribution in [2.45, 2.75) is 45.1 Å². The molecule has 3 N–H and O–H groups in total. The van der Waals surface area contributed by atoms with Gasteiger partial charge in [0.25, 0.3) is 0 Å². The first-order valence-electron chi connectivity index (χ1n) is 7.70. The number of carbonyl (C=O) groups is 1. The normalized spacial score (nSPS) is 23.3.